The zero-order chi connectivity index (χ0) is 25.5. The molecule has 0 bridgehead atoms. The largest absolute Gasteiger partial charge is 0.418 e. The zero-order valence-electron chi connectivity index (χ0n) is 15.9. The van der Waals surface area contributed by atoms with Gasteiger partial charge in [-0.1, -0.05) is 0 Å². The van der Waals surface area contributed by atoms with Crippen molar-refractivity contribution in [1.29, 1.82) is 5.26 Å². The van der Waals surface area contributed by atoms with Crippen LogP contribution in [-0.4, -0.2) is 16.4 Å². The molecule has 0 radical (unpaired) electrons. The average molecular weight is 606 g/mol. The Morgan fingerprint density at radius 2 is 1.58 bits per heavy atom. The van der Waals surface area contributed by atoms with Crippen LogP contribution in [0.5, 0.6) is 0 Å². The fourth-order valence-corrected chi connectivity index (χ4v) is 4.77. The molecule has 0 saturated heterocycles. The number of anilines is 2. The van der Waals surface area contributed by atoms with Gasteiger partial charge in [0, 0.05) is 17.1 Å². The summed E-state index contributed by atoms with van der Waals surface area (Å²) in [6.45, 7) is 0.678. The van der Waals surface area contributed by atoms with E-state index < -0.39 is 72.7 Å². The van der Waals surface area contributed by atoms with Crippen molar-refractivity contribution in [1.82, 2.24) is 0 Å². The van der Waals surface area contributed by atoms with Crippen LogP contribution in [0.1, 0.15) is 23.6 Å². The minimum Gasteiger partial charge on any atom is -0.334 e. The number of halogens is 8. The quantitative estimate of drug-likeness (QED) is 0.204. The molecule has 0 spiro atoms. The second kappa shape index (κ2) is 9.14. The minimum atomic E-state index is -5.35. The van der Waals surface area contributed by atoms with Gasteiger partial charge in [0.15, 0.2) is 0 Å². The molecule has 0 atom stereocenters. The molecule has 0 unspecified atom stereocenters. The van der Waals surface area contributed by atoms with Gasteiger partial charge in [0.25, 0.3) is 11.4 Å². The molecule has 0 N–H and O–H groups in total. The van der Waals surface area contributed by atoms with Crippen molar-refractivity contribution in [3.05, 3.63) is 64.1 Å². The molecule has 2 rings (SSSR count). The van der Waals surface area contributed by atoms with E-state index in [4.69, 9.17) is 5.26 Å². The highest BCUT2D eigenvalue weighted by Gasteiger charge is 2.44. The lowest BCUT2D eigenvalue weighted by Crippen LogP contribution is -2.24. The SMILES string of the molecule is CCN(c1c([N+](=O)[O-])cc([N+](=O)[O-])cc1C(F)(F)F)c1c(Br)cc(C#N)c(C(F)(F)F)c1Br. The topological polar surface area (TPSA) is 113 Å². The molecule has 0 heterocycles. The Balaban J connectivity index is 3.08. The Labute approximate surface area is 196 Å². The number of nitro benzene ring substituents is 2. The first kappa shape index (κ1) is 26.3. The van der Waals surface area contributed by atoms with E-state index >= 15 is 0 Å². The molecule has 2 aromatic rings. The minimum absolute atomic E-state index is 0.0567. The van der Waals surface area contributed by atoms with Crippen molar-refractivity contribution in [2.75, 3.05) is 11.4 Å². The van der Waals surface area contributed by atoms with Gasteiger partial charge < -0.3 is 4.90 Å². The van der Waals surface area contributed by atoms with E-state index in [0.29, 0.717) is 11.0 Å². The molecule has 0 fully saturated rings. The van der Waals surface area contributed by atoms with Crippen LogP contribution in [0.25, 0.3) is 0 Å². The third-order valence-electron chi connectivity index (χ3n) is 4.24. The van der Waals surface area contributed by atoms with Gasteiger partial charge in [0.2, 0.25) is 0 Å². The predicted octanol–water partition coefficient (Wildman–Crippen LogP) is 7.10. The normalized spacial score (nSPS) is 11.8. The highest BCUT2D eigenvalue weighted by Crippen LogP contribution is 2.51. The van der Waals surface area contributed by atoms with E-state index in [0.717, 1.165) is 0 Å². The number of nitro groups is 2. The van der Waals surface area contributed by atoms with E-state index in [-0.39, 0.29) is 16.6 Å². The summed E-state index contributed by atoms with van der Waals surface area (Å²) in [4.78, 5) is 20.6. The van der Waals surface area contributed by atoms with Crippen molar-refractivity contribution in [2.24, 2.45) is 0 Å². The van der Waals surface area contributed by atoms with Gasteiger partial charge in [0.05, 0.1) is 48.8 Å². The highest BCUT2D eigenvalue weighted by molar-refractivity contribution is 9.11. The highest BCUT2D eigenvalue weighted by atomic mass is 79.9. The molecule has 33 heavy (non-hydrogen) atoms. The lowest BCUT2D eigenvalue weighted by molar-refractivity contribution is -0.394. The summed E-state index contributed by atoms with van der Waals surface area (Å²) in [5, 5.41) is 31.7. The molecule has 8 nitrogen and oxygen atoms in total. The van der Waals surface area contributed by atoms with E-state index in [2.05, 4.69) is 31.9 Å². The van der Waals surface area contributed by atoms with E-state index in [1.807, 2.05) is 0 Å². The Morgan fingerprint density at radius 3 is 1.97 bits per heavy atom. The molecule has 16 heteroatoms. The van der Waals surface area contributed by atoms with Crippen LogP contribution < -0.4 is 4.90 Å². The van der Waals surface area contributed by atoms with Crippen molar-refractivity contribution < 1.29 is 36.2 Å². The summed E-state index contributed by atoms with van der Waals surface area (Å²) in [7, 11) is 0. The zero-order valence-corrected chi connectivity index (χ0v) is 19.1. The Morgan fingerprint density at radius 1 is 1.00 bits per heavy atom. The lowest BCUT2D eigenvalue weighted by Gasteiger charge is -2.29. The second-order valence-corrected chi connectivity index (χ2v) is 7.82. The summed E-state index contributed by atoms with van der Waals surface area (Å²) >= 11 is 5.57. The molecular weight excluding hydrogens is 598 g/mol. The third kappa shape index (κ3) is 5.03. The van der Waals surface area contributed by atoms with Crippen LogP contribution in [0.3, 0.4) is 0 Å². The molecule has 0 aromatic heterocycles. The first-order valence-electron chi connectivity index (χ1n) is 8.37. The third-order valence-corrected chi connectivity index (χ3v) is 5.62. The summed E-state index contributed by atoms with van der Waals surface area (Å²) < 4.78 is 81.2. The monoisotopic (exact) mass is 604 g/mol. The van der Waals surface area contributed by atoms with Crippen LogP contribution in [0.4, 0.5) is 49.1 Å². The summed E-state index contributed by atoms with van der Waals surface area (Å²) in [6.07, 6.45) is -10.5. The van der Waals surface area contributed by atoms with Gasteiger partial charge in [-0.25, -0.2) is 0 Å². The second-order valence-electron chi connectivity index (χ2n) is 6.17. The molecule has 0 saturated carbocycles. The summed E-state index contributed by atoms with van der Waals surface area (Å²) in [5.41, 5.74) is -8.58. The Bertz CT molecular complexity index is 1190. The first-order valence-corrected chi connectivity index (χ1v) is 9.95. The fraction of sp³-hybridized carbons (Fsp3) is 0.235. The van der Waals surface area contributed by atoms with Crippen molar-refractivity contribution in [3.8, 4) is 6.07 Å². The maximum Gasteiger partial charge on any atom is 0.418 e. The van der Waals surface area contributed by atoms with Gasteiger partial charge in [-0.3, -0.25) is 20.2 Å². The number of nitriles is 1. The van der Waals surface area contributed by atoms with Crippen molar-refractivity contribution in [3.63, 3.8) is 0 Å². The predicted molar refractivity (Wildman–Crippen MR) is 109 cm³/mol. The van der Waals surface area contributed by atoms with Gasteiger partial charge in [-0.15, -0.1) is 0 Å². The number of rotatable bonds is 5. The number of hydrogen-bond acceptors (Lipinski definition) is 6. The molecule has 176 valence electrons. The van der Waals surface area contributed by atoms with E-state index in [1.165, 1.54) is 13.0 Å². The van der Waals surface area contributed by atoms with Crippen LogP contribution >= 0.6 is 31.9 Å². The lowest BCUT2D eigenvalue weighted by atomic mass is 10.0. The van der Waals surface area contributed by atoms with E-state index in [1.54, 1.807) is 0 Å². The molecular formula is C17H8Br2F6N4O4. The summed E-state index contributed by atoms with van der Waals surface area (Å²) in [6, 6.07) is 2.37. The maximum absolute atomic E-state index is 13.8. The van der Waals surface area contributed by atoms with Crippen LogP contribution in [0, 0.1) is 31.6 Å². The number of benzene rings is 2. The van der Waals surface area contributed by atoms with E-state index in [9.17, 15) is 46.6 Å². The smallest absolute Gasteiger partial charge is 0.334 e. The van der Waals surface area contributed by atoms with Crippen LogP contribution in [-0.2, 0) is 12.4 Å². The average Bonchev–Trinajstić information content (AvgIpc) is 2.67. The maximum atomic E-state index is 13.8. The van der Waals surface area contributed by atoms with Crippen molar-refractivity contribution in [2.45, 2.75) is 19.3 Å². The number of non-ortho nitro benzene ring substituents is 1. The van der Waals surface area contributed by atoms with Crippen LogP contribution in [0.2, 0.25) is 0 Å². The fourth-order valence-electron chi connectivity index (χ4n) is 3.00. The van der Waals surface area contributed by atoms with Gasteiger partial charge in [0.1, 0.15) is 5.69 Å². The molecule has 0 aliphatic heterocycles. The number of nitrogens with zero attached hydrogens (tertiary/aromatic N) is 4. The number of alkyl halides is 6. The Hall–Kier alpha value is -2.93. The summed E-state index contributed by atoms with van der Waals surface area (Å²) in [5.74, 6) is 0. The number of hydrogen-bond donors (Lipinski definition) is 0. The van der Waals surface area contributed by atoms with Gasteiger partial charge >= 0.3 is 12.4 Å². The standard InChI is InChI=1S/C17H8Br2F6N4O4/c1-2-27(15-10(18)3-7(6-26)12(13(15)19)17(23,24)25)14-9(16(20,21)22)4-8(28(30)31)5-11(14)29(32)33/h3-5H,2H2,1H3. The molecule has 0 amide bonds. The van der Waals surface area contributed by atoms with Crippen molar-refractivity contribution >= 4 is 54.6 Å². The molecule has 2 aromatic carbocycles. The first-order chi connectivity index (χ1) is 15.1. The molecule has 0 aliphatic carbocycles. The molecule has 0 aliphatic rings. The Kier molecular flexibility index (Phi) is 7.29. The van der Waals surface area contributed by atoms with Gasteiger partial charge in [-0.05, 0) is 44.8 Å². The van der Waals surface area contributed by atoms with Crippen LogP contribution in [0.15, 0.2) is 27.1 Å². The van der Waals surface area contributed by atoms with Gasteiger partial charge in [-0.2, -0.15) is 31.6 Å².